The molecule has 29 heavy (non-hydrogen) atoms. The van der Waals surface area contributed by atoms with Crippen molar-refractivity contribution in [2.45, 2.75) is 12.8 Å². The number of nitrogens with zero attached hydrogens (tertiary/aromatic N) is 1. The maximum absolute atomic E-state index is 9.94. The average Bonchev–Trinajstić information content (AvgIpc) is 3.23. The Kier molecular flexibility index (Phi) is 3.13. The average molecular weight is 379 g/mol. The van der Waals surface area contributed by atoms with Gasteiger partial charge in [0.25, 0.3) is 0 Å². The number of hydrogen-bond acceptors (Lipinski definition) is 4. The van der Waals surface area contributed by atoms with Gasteiger partial charge in [-0.1, -0.05) is 12.1 Å². The van der Waals surface area contributed by atoms with Crippen LogP contribution in [-0.2, 0) is 12.8 Å². The molecule has 0 aliphatic heterocycles. The van der Waals surface area contributed by atoms with Crippen molar-refractivity contribution in [2.24, 2.45) is 0 Å². The Balaban J connectivity index is 1.67. The second kappa shape index (κ2) is 5.61. The van der Waals surface area contributed by atoms with Crippen LogP contribution in [0.5, 0.6) is 17.2 Å². The highest BCUT2D eigenvalue weighted by molar-refractivity contribution is 5.91. The zero-order chi connectivity index (χ0) is 19.7. The first-order valence-electron chi connectivity index (χ1n) is 9.58. The quantitative estimate of drug-likeness (QED) is 0.376. The fourth-order valence-corrected chi connectivity index (χ4v) is 4.73. The Morgan fingerprint density at radius 1 is 0.586 bits per heavy atom. The van der Waals surface area contributed by atoms with Gasteiger partial charge in [-0.05, 0) is 81.9 Å². The molecule has 1 aromatic heterocycles. The summed E-state index contributed by atoms with van der Waals surface area (Å²) >= 11 is 0. The summed E-state index contributed by atoms with van der Waals surface area (Å²) in [6.45, 7) is 0. The van der Waals surface area contributed by atoms with E-state index >= 15 is 0 Å². The van der Waals surface area contributed by atoms with Gasteiger partial charge in [-0.3, -0.25) is 0 Å². The standard InChI is InChI=1S/C25H17NO3/c27-16-3-1-13(2-4-16)23-21-11-14-9-17(28)5-7-19(14)24(21)26-25-20-8-6-18(29)10-15(20)12-22(23)25/h1-10,27-29H,11-12H2. The number of benzene rings is 3. The van der Waals surface area contributed by atoms with E-state index < -0.39 is 0 Å². The normalized spacial score (nSPS) is 13.0. The molecule has 2 aliphatic carbocycles. The van der Waals surface area contributed by atoms with Crippen LogP contribution in [0.2, 0.25) is 0 Å². The first-order valence-corrected chi connectivity index (χ1v) is 9.58. The Labute approximate surface area is 167 Å². The van der Waals surface area contributed by atoms with Crippen molar-refractivity contribution in [3.63, 3.8) is 0 Å². The minimum atomic E-state index is 0.234. The zero-order valence-corrected chi connectivity index (χ0v) is 15.5. The summed E-state index contributed by atoms with van der Waals surface area (Å²) in [5.41, 5.74) is 10.6. The second-order valence-corrected chi connectivity index (χ2v) is 7.72. The predicted octanol–water partition coefficient (Wildman–Crippen LogP) is 5.01. The Hall–Kier alpha value is -3.79. The molecule has 1 heterocycles. The molecular formula is C25H17NO3. The van der Waals surface area contributed by atoms with Gasteiger partial charge in [0.1, 0.15) is 17.2 Å². The molecule has 6 rings (SSSR count). The molecule has 3 N–H and O–H groups in total. The van der Waals surface area contributed by atoms with Crippen LogP contribution in [0.3, 0.4) is 0 Å². The third-order valence-corrected chi connectivity index (χ3v) is 5.98. The van der Waals surface area contributed by atoms with Crippen LogP contribution in [-0.4, -0.2) is 20.3 Å². The van der Waals surface area contributed by atoms with Crippen LogP contribution in [0.1, 0.15) is 22.3 Å². The molecule has 0 unspecified atom stereocenters. The molecule has 2 aliphatic rings. The van der Waals surface area contributed by atoms with Gasteiger partial charge in [0, 0.05) is 24.0 Å². The van der Waals surface area contributed by atoms with Crippen LogP contribution >= 0.6 is 0 Å². The Morgan fingerprint density at radius 2 is 1.07 bits per heavy atom. The van der Waals surface area contributed by atoms with E-state index in [4.69, 9.17) is 4.98 Å². The maximum Gasteiger partial charge on any atom is 0.115 e. The molecule has 0 fully saturated rings. The van der Waals surface area contributed by atoms with Crippen molar-refractivity contribution >= 4 is 0 Å². The summed E-state index contributed by atoms with van der Waals surface area (Å²) in [6, 6.07) is 18.2. The topological polar surface area (TPSA) is 73.6 Å². The molecule has 0 amide bonds. The lowest BCUT2D eigenvalue weighted by Gasteiger charge is -2.15. The van der Waals surface area contributed by atoms with E-state index in [0.29, 0.717) is 12.8 Å². The number of rotatable bonds is 1. The fraction of sp³-hybridized carbons (Fsp3) is 0.0800. The van der Waals surface area contributed by atoms with Crippen LogP contribution in [0.15, 0.2) is 60.7 Å². The number of aromatic nitrogens is 1. The van der Waals surface area contributed by atoms with Crippen LogP contribution < -0.4 is 0 Å². The highest BCUT2D eigenvalue weighted by atomic mass is 16.3. The highest BCUT2D eigenvalue weighted by Crippen LogP contribution is 2.49. The number of fused-ring (bicyclic) bond motifs is 6. The smallest absolute Gasteiger partial charge is 0.115 e. The minimum Gasteiger partial charge on any atom is -0.508 e. The monoisotopic (exact) mass is 379 g/mol. The second-order valence-electron chi connectivity index (χ2n) is 7.72. The third-order valence-electron chi connectivity index (χ3n) is 5.98. The van der Waals surface area contributed by atoms with E-state index in [0.717, 1.165) is 55.9 Å². The van der Waals surface area contributed by atoms with Gasteiger partial charge in [0.2, 0.25) is 0 Å². The summed E-state index contributed by atoms with van der Waals surface area (Å²) in [5.74, 6) is 0.754. The van der Waals surface area contributed by atoms with Crippen molar-refractivity contribution in [3.05, 3.63) is 82.9 Å². The molecule has 0 spiro atoms. The molecule has 0 radical (unpaired) electrons. The summed E-state index contributed by atoms with van der Waals surface area (Å²) < 4.78 is 0. The molecule has 4 heteroatoms. The molecule has 0 saturated heterocycles. The SMILES string of the molecule is Oc1ccc(-c2c3c(nc4c2Cc2cc(O)ccc2-4)-c2ccc(O)cc2C3)cc1. The highest BCUT2D eigenvalue weighted by Gasteiger charge is 2.32. The van der Waals surface area contributed by atoms with E-state index in [1.165, 1.54) is 0 Å². The Bertz CT molecular complexity index is 1250. The number of phenolic OH excluding ortho intramolecular Hbond substituents is 3. The van der Waals surface area contributed by atoms with E-state index in [2.05, 4.69) is 0 Å². The molecule has 4 aromatic rings. The van der Waals surface area contributed by atoms with Gasteiger partial charge < -0.3 is 15.3 Å². The first kappa shape index (κ1) is 16.2. The Morgan fingerprint density at radius 3 is 1.59 bits per heavy atom. The van der Waals surface area contributed by atoms with Crippen LogP contribution in [0.25, 0.3) is 33.6 Å². The zero-order valence-electron chi connectivity index (χ0n) is 15.5. The predicted molar refractivity (Wildman–Crippen MR) is 111 cm³/mol. The van der Waals surface area contributed by atoms with Crippen LogP contribution in [0.4, 0.5) is 0 Å². The summed E-state index contributed by atoms with van der Waals surface area (Å²) in [4.78, 5) is 5.07. The van der Waals surface area contributed by atoms with Gasteiger partial charge in [-0.15, -0.1) is 0 Å². The number of phenols is 3. The molecule has 4 nitrogen and oxygen atoms in total. The molecule has 3 aromatic carbocycles. The maximum atomic E-state index is 9.94. The van der Waals surface area contributed by atoms with Crippen molar-refractivity contribution in [1.29, 1.82) is 0 Å². The minimum absolute atomic E-state index is 0.234. The largest absolute Gasteiger partial charge is 0.508 e. The lowest BCUT2D eigenvalue weighted by molar-refractivity contribution is 0.474. The van der Waals surface area contributed by atoms with Crippen molar-refractivity contribution in [2.75, 3.05) is 0 Å². The van der Waals surface area contributed by atoms with Gasteiger partial charge in [-0.25, -0.2) is 4.98 Å². The van der Waals surface area contributed by atoms with E-state index in [1.807, 2.05) is 36.4 Å². The van der Waals surface area contributed by atoms with Crippen molar-refractivity contribution in [1.82, 2.24) is 4.98 Å². The molecule has 0 atom stereocenters. The van der Waals surface area contributed by atoms with Crippen molar-refractivity contribution in [3.8, 4) is 50.9 Å². The van der Waals surface area contributed by atoms with Gasteiger partial charge in [0.15, 0.2) is 0 Å². The van der Waals surface area contributed by atoms with Crippen LogP contribution in [0, 0.1) is 0 Å². The van der Waals surface area contributed by atoms with Gasteiger partial charge in [-0.2, -0.15) is 0 Å². The lowest BCUT2D eigenvalue weighted by atomic mass is 9.92. The van der Waals surface area contributed by atoms with E-state index in [1.54, 1.807) is 24.3 Å². The molecular weight excluding hydrogens is 362 g/mol. The summed E-state index contributed by atoms with van der Waals surface area (Å²) in [5, 5.41) is 29.7. The number of pyridine rings is 1. The third kappa shape index (κ3) is 2.29. The van der Waals surface area contributed by atoms with Gasteiger partial charge >= 0.3 is 0 Å². The lowest BCUT2D eigenvalue weighted by Crippen LogP contribution is -1.98. The molecule has 0 bridgehead atoms. The molecule has 140 valence electrons. The number of aromatic hydroxyl groups is 3. The number of hydrogen-bond donors (Lipinski definition) is 3. The summed E-state index contributed by atoms with van der Waals surface area (Å²) in [7, 11) is 0. The summed E-state index contributed by atoms with van der Waals surface area (Å²) in [6.07, 6.45) is 1.41. The van der Waals surface area contributed by atoms with Gasteiger partial charge in [0.05, 0.1) is 11.4 Å². The van der Waals surface area contributed by atoms with Crippen molar-refractivity contribution < 1.29 is 15.3 Å². The van der Waals surface area contributed by atoms with E-state index in [-0.39, 0.29) is 17.2 Å². The first-order chi connectivity index (χ1) is 14.1. The van der Waals surface area contributed by atoms with E-state index in [9.17, 15) is 15.3 Å². The fourth-order valence-electron chi connectivity index (χ4n) is 4.73. The molecule has 0 saturated carbocycles.